The molecule has 0 amide bonds. The molecule has 0 atom stereocenters. The molecule has 5 heteroatoms. The van der Waals surface area contributed by atoms with Crippen molar-refractivity contribution >= 4 is 11.3 Å². The van der Waals surface area contributed by atoms with Crippen LogP contribution in [0.2, 0.25) is 0 Å². The average molecular weight is 318 g/mol. The third kappa shape index (κ3) is 2.62. The second kappa shape index (κ2) is 5.70. The molecule has 2 aromatic heterocycles. The zero-order valence-corrected chi connectivity index (χ0v) is 12.9. The number of hydrogen-bond donors (Lipinski definition) is 0. The SMILES string of the molecule is [O-]c1cc(-c2ccccc2)nn1-c1nc(-c2ccccc2)cs1. The molecule has 0 saturated carbocycles. The van der Waals surface area contributed by atoms with E-state index in [9.17, 15) is 5.11 Å². The van der Waals surface area contributed by atoms with Crippen molar-refractivity contribution in [2.45, 2.75) is 0 Å². The highest BCUT2D eigenvalue weighted by molar-refractivity contribution is 7.12. The maximum absolute atomic E-state index is 12.2. The van der Waals surface area contributed by atoms with E-state index in [0.717, 1.165) is 16.8 Å². The summed E-state index contributed by atoms with van der Waals surface area (Å²) in [7, 11) is 0. The number of nitrogens with zero attached hydrogens (tertiary/aromatic N) is 3. The highest BCUT2D eigenvalue weighted by Crippen LogP contribution is 2.28. The van der Waals surface area contributed by atoms with Gasteiger partial charge in [-0.1, -0.05) is 60.7 Å². The summed E-state index contributed by atoms with van der Waals surface area (Å²) in [5.41, 5.74) is 3.45. The van der Waals surface area contributed by atoms with Gasteiger partial charge in [0, 0.05) is 16.5 Å². The molecule has 23 heavy (non-hydrogen) atoms. The first-order chi connectivity index (χ1) is 11.3. The van der Waals surface area contributed by atoms with Crippen molar-refractivity contribution in [1.82, 2.24) is 14.8 Å². The molecule has 0 bridgehead atoms. The lowest BCUT2D eigenvalue weighted by Crippen LogP contribution is -2.02. The molecule has 0 aliphatic heterocycles. The van der Waals surface area contributed by atoms with Gasteiger partial charge in [-0.3, -0.25) is 0 Å². The Morgan fingerprint density at radius 3 is 2.09 bits per heavy atom. The van der Waals surface area contributed by atoms with Gasteiger partial charge < -0.3 is 5.11 Å². The number of rotatable bonds is 3. The second-order valence-corrected chi connectivity index (χ2v) is 5.86. The third-order valence-corrected chi connectivity index (χ3v) is 4.31. The Balaban J connectivity index is 1.72. The Morgan fingerprint density at radius 2 is 1.43 bits per heavy atom. The van der Waals surface area contributed by atoms with Crippen molar-refractivity contribution in [3.05, 3.63) is 72.1 Å². The standard InChI is InChI=1S/C18H13N3OS/c22-17-11-15(13-7-3-1-4-8-13)20-21(17)18-19-16(12-23-18)14-9-5-2-6-10-14/h1-12,22H/p-1. The van der Waals surface area contributed by atoms with Crippen LogP contribution >= 0.6 is 11.3 Å². The molecule has 2 heterocycles. The average Bonchev–Trinajstić information content (AvgIpc) is 3.23. The smallest absolute Gasteiger partial charge is 0.210 e. The molecular weight excluding hydrogens is 306 g/mol. The van der Waals surface area contributed by atoms with Crippen LogP contribution in [0, 0.1) is 0 Å². The van der Waals surface area contributed by atoms with E-state index in [1.54, 1.807) is 6.07 Å². The first-order valence-corrected chi connectivity index (χ1v) is 8.03. The van der Waals surface area contributed by atoms with Gasteiger partial charge in [-0.15, -0.1) is 11.3 Å². The first-order valence-electron chi connectivity index (χ1n) is 7.15. The zero-order chi connectivity index (χ0) is 15.6. The van der Waals surface area contributed by atoms with E-state index in [2.05, 4.69) is 10.1 Å². The van der Waals surface area contributed by atoms with Crippen LogP contribution in [0.15, 0.2) is 72.1 Å². The van der Waals surface area contributed by atoms with Crippen LogP contribution in [0.5, 0.6) is 5.88 Å². The molecule has 0 aliphatic rings. The van der Waals surface area contributed by atoms with Gasteiger partial charge in [-0.05, 0) is 11.9 Å². The van der Waals surface area contributed by atoms with Gasteiger partial charge in [0.25, 0.3) is 0 Å². The largest absolute Gasteiger partial charge is 0.858 e. The minimum Gasteiger partial charge on any atom is -0.858 e. The van der Waals surface area contributed by atoms with Crippen LogP contribution < -0.4 is 5.11 Å². The molecule has 0 N–H and O–H groups in total. The summed E-state index contributed by atoms with van der Waals surface area (Å²) >= 11 is 1.41. The quantitative estimate of drug-likeness (QED) is 0.578. The van der Waals surface area contributed by atoms with Crippen LogP contribution in [-0.2, 0) is 0 Å². The predicted octanol–water partition coefficient (Wildman–Crippen LogP) is 3.74. The van der Waals surface area contributed by atoms with Gasteiger partial charge in [0.1, 0.15) is 0 Å². The summed E-state index contributed by atoms with van der Waals surface area (Å²) in [5, 5.41) is 19.2. The van der Waals surface area contributed by atoms with Gasteiger partial charge in [-0.25, -0.2) is 9.67 Å². The van der Waals surface area contributed by atoms with Crippen LogP contribution in [0.1, 0.15) is 0 Å². The lowest BCUT2D eigenvalue weighted by atomic mass is 10.2. The lowest BCUT2D eigenvalue weighted by molar-refractivity contribution is -0.277. The molecule has 2 aromatic carbocycles. The normalized spacial score (nSPS) is 10.8. The predicted molar refractivity (Wildman–Crippen MR) is 89.6 cm³/mol. The molecule has 4 nitrogen and oxygen atoms in total. The van der Waals surface area contributed by atoms with E-state index in [1.165, 1.54) is 16.0 Å². The van der Waals surface area contributed by atoms with E-state index < -0.39 is 0 Å². The molecule has 4 rings (SSSR count). The van der Waals surface area contributed by atoms with Crippen molar-refractivity contribution in [2.24, 2.45) is 0 Å². The van der Waals surface area contributed by atoms with E-state index in [-0.39, 0.29) is 5.88 Å². The lowest BCUT2D eigenvalue weighted by Gasteiger charge is -2.05. The summed E-state index contributed by atoms with van der Waals surface area (Å²) in [6.07, 6.45) is 0. The van der Waals surface area contributed by atoms with E-state index in [4.69, 9.17) is 0 Å². The molecule has 0 spiro atoms. The van der Waals surface area contributed by atoms with E-state index in [0.29, 0.717) is 10.8 Å². The minimum atomic E-state index is -0.169. The van der Waals surface area contributed by atoms with E-state index >= 15 is 0 Å². The summed E-state index contributed by atoms with van der Waals surface area (Å²) in [5.74, 6) is -0.169. The molecule has 112 valence electrons. The molecule has 0 fully saturated rings. The van der Waals surface area contributed by atoms with Crippen molar-refractivity contribution in [3.8, 4) is 33.5 Å². The Kier molecular flexibility index (Phi) is 3.40. The third-order valence-electron chi connectivity index (χ3n) is 3.49. The van der Waals surface area contributed by atoms with Gasteiger partial charge in [0.15, 0.2) is 0 Å². The topological polar surface area (TPSA) is 53.8 Å². The monoisotopic (exact) mass is 318 g/mol. The summed E-state index contributed by atoms with van der Waals surface area (Å²) in [4.78, 5) is 4.54. The van der Waals surface area contributed by atoms with Gasteiger partial charge in [0.05, 0.1) is 11.4 Å². The Morgan fingerprint density at radius 1 is 0.826 bits per heavy atom. The van der Waals surface area contributed by atoms with Crippen LogP contribution in [0.25, 0.3) is 27.6 Å². The second-order valence-electron chi connectivity index (χ2n) is 5.03. The summed E-state index contributed by atoms with van der Waals surface area (Å²) in [6.45, 7) is 0. The molecule has 0 radical (unpaired) electrons. The highest BCUT2D eigenvalue weighted by atomic mass is 32.1. The first kappa shape index (κ1) is 13.7. The number of aromatic nitrogens is 3. The van der Waals surface area contributed by atoms with Crippen LogP contribution in [0.3, 0.4) is 0 Å². The Hall–Kier alpha value is -2.92. The minimum absolute atomic E-state index is 0.169. The molecular formula is C18H12N3OS-. The summed E-state index contributed by atoms with van der Waals surface area (Å²) < 4.78 is 1.36. The fourth-order valence-electron chi connectivity index (χ4n) is 2.35. The number of hydrogen-bond acceptors (Lipinski definition) is 4. The highest BCUT2D eigenvalue weighted by Gasteiger charge is 2.10. The maximum atomic E-state index is 12.2. The van der Waals surface area contributed by atoms with Crippen molar-refractivity contribution in [2.75, 3.05) is 0 Å². The maximum Gasteiger partial charge on any atom is 0.210 e. The van der Waals surface area contributed by atoms with Gasteiger partial charge >= 0.3 is 0 Å². The molecule has 0 aliphatic carbocycles. The molecule has 0 unspecified atom stereocenters. The van der Waals surface area contributed by atoms with E-state index in [1.807, 2.05) is 66.0 Å². The molecule has 4 aromatic rings. The fourth-order valence-corrected chi connectivity index (χ4v) is 3.14. The Bertz CT molecular complexity index is 929. The van der Waals surface area contributed by atoms with Crippen molar-refractivity contribution in [3.63, 3.8) is 0 Å². The van der Waals surface area contributed by atoms with Gasteiger partial charge in [0.2, 0.25) is 5.13 Å². The van der Waals surface area contributed by atoms with Crippen molar-refractivity contribution < 1.29 is 5.11 Å². The van der Waals surface area contributed by atoms with Crippen LogP contribution in [-0.4, -0.2) is 14.8 Å². The fraction of sp³-hybridized carbons (Fsp3) is 0. The number of thiazole rings is 1. The number of benzene rings is 2. The zero-order valence-electron chi connectivity index (χ0n) is 12.1. The summed E-state index contributed by atoms with van der Waals surface area (Å²) in [6, 6.07) is 21.1. The van der Waals surface area contributed by atoms with Crippen molar-refractivity contribution in [1.29, 1.82) is 0 Å². The van der Waals surface area contributed by atoms with Crippen LogP contribution in [0.4, 0.5) is 0 Å². The van der Waals surface area contributed by atoms with Gasteiger partial charge in [-0.2, -0.15) is 5.10 Å². The molecule has 0 saturated heterocycles. The Labute approximate surface area is 137 Å².